The summed E-state index contributed by atoms with van der Waals surface area (Å²) >= 11 is 0. The summed E-state index contributed by atoms with van der Waals surface area (Å²) in [5, 5.41) is 3.14. The highest BCUT2D eigenvalue weighted by molar-refractivity contribution is 5.85. The quantitative estimate of drug-likeness (QED) is 0.791. The van der Waals surface area contributed by atoms with Crippen LogP contribution < -0.4 is 5.32 Å². The van der Waals surface area contributed by atoms with Gasteiger partial charge in [-0.15, -0.1) is 12.4 Å². The lowest BCUT2D eigenvalue weighted by Gasteiger charge is -2.28. The van der Waals surface area contributed by atoms with Crippen molar-refractivity contribution < 1.29 is 13.2 Å². The van der Waals surface area contributed by atoms with Crippen molar-refractivity contribution in [3.8, 4) is 0 Å². The Morgan fingerprint density at radius 3 is 2.00 bits per heavy atom. The minimum atomic E-state index is -4.23. The van der Waals surface area contributed by atoms with E-state index in [1.54, 1.807) is 12.1 Å². The highest BCUT2D eigenvalue weighted by Crippen LogP contribution is 2.31. The molecule has 0 aromatic heterocycles. The second-order valence-electron chi connectivity index (χ2n) is 3.42. The van der Waals surface area contributed by atoms with Gasteiger partial charge in [-0.3, -0.25) is 0 Å². The summed E-state index contributed by atoms with van der Waals surface area (Å²) < 4.78 is 36.6. The predicted molar refractivity (Wildman–Crippen MR) is 54.1 cm³/mol. The third kappa shape index (κ3) is 2.63. The maximum absolute atomic E-state index is 12.2. The van der Waals surface area contributed by atoms with E-state index in [-0.39, 0.29) is 18.4 Å². The Morgan fingerprint density at radius 2 is 1.67 bits per heavy atom. The first-order valence-electron chi connectivity index (χ1n) is 4.48. The Balaban J connectivity index is 0.00000112. The average Bonchev–Trinajstić information content (AvgIpc) is 2.00. The van der Waals surface area contributed by atoms with Crippen LogP contribution in [0.15, 0.2) is 24.3 Å². The minimum absolute atomic E-state index is 0. The van der Waals surface area contributed by atoms with Crippen molar-refractivity contribution in [2.75, 3.05) is 6.54 Å². The lowest BCUT2D eigenvalue weighted by Crippen LogP contribution is -2.34. The Hall–Kier alpha value is -0.740. The number of nitrogens with one attached hydrogen (secondary N) is 1. The van der Waals surface area contributed by atoms with Gasteiger partial charge in [0.2, 0.25) is 0 Å². The molecule has 0 amide bonds. The number of benzene rings is 1. The average molecular weight is 238 g/mol. The van der Waals surface area contributed by atoms with Crippen molar-refractivity contribution in [2.24, 2.45) is 0 Å². The number of hydrogen-bond donors (Lipinski definition) is 1. The fraction of sp³-hybridized carbons (Fsp3) is 0.400. The number of halogens is 4. The van der Waals surface area contributed by atoms with E-state index in [0.29, 0.717) is 0 Å². The molecular formula is C10H11ClF3N. The molecule has 15 heavy (non-hydrogen) atoms. The van der Waals surface area contributed by atoms with E-state index in [0.717, 1.165) is 30.7 Å². The van der Waals surface area contributed by atoms with Gasteiger partial charge in [-0.25, -0.2) is 0 Å². The molecule has 0 saturated carbocycles. The molecule has 0 unspecified atom stereocenters. The maximum Gasteiger partial charge on any atom is 0.416 e. The van der Waals surface area contributed by atoms with Gasteiger partial charge < -0.3 is 5.32 Å². The third-order valence-corrected chi connectivity index (χ3v) is 2.46. The molecule has 0 aliphatic carbocycles. The zero-order valence-electron chi connectivity index (χ0n) is 7.84. The lowest BCUT2D eigenvalue weighted by molar-refractivity contribution is -0.137. The van der Waals surface area contributed by atoms with Crippen LogP contribution in [0, 0.1) is 0 Å². The van der Waals surface area contributed by atoms with Gasteiger partial charge >= 0.3 is 6.18 Å². The van der Waals surface area contributed by atoms with Crippen LogP contribution in [0.3, 0.4) is 0 Å². The third-order valence-electron chi connectivity index (χ3n) is 2.46. The van der Waals surface area contributed by atoms with E-state index < -0.39 is 11.7 Å². The molecule has 1 aliphatic rings. The Bertz CT molecular complexity index is 316. The summed E-state index contributed by atoms with van der Waals surface area (Å²) in [4.78, 5) is 0. The van der Waals surface area contributed by atoms with E-state index >= 15 is 0 Å². The van der Waals surface area contributed by atoms with Gasteiger partial charge in [0, 0.05) is 6.04 Å². The van der Waals surface area contributed by atoms with Gasteiger partial charge in [0.25, 0.3) is 0 Å². The SMILES string of the molecule is Cl.FC(F)(F)c1ccc([C@@H]2CCN2)cc1. The predicted octanol–water partition coefficient (Wildman–Crippen LogP) is 3.16. The topological polar surface area (TPSA) is 12.0 Å². The van der Waals surface area contributed by atoms with Crippen LogP contribution in [0.5, 0.6) is 0 Å². The van der Waals surface area contributed by atoms with Crippen molar-refractivity contribution in [3.05, 3.63) is 35.4 Å². The van der Waals surface area contributed by atoms with Crippen molar-refractivity contribution in [1.82, 2.24) is 5.32 Å². The van der Waals surface area contributed by atoms with Gasteiger partial charge in [-0.1, -0.05) is 12.1 Å². The Morgan fingerprint density at radius 1 is 1.13 bits per heavy atom. The summed E-state index contributed by atoms with van der Waals surface area (Å²) in [7, 11) is 0. The lowest BCUT2D eigenvalue weighted by atomic mass is 9.97. The van der Waals surface area contributed by atoms with Gasteiger partial charge in [0.05, 0.1) is 5.56 Å². The van der Waals surface area contributed by atoms with Crippen molar-refractivity contribution in [2.45, 2.75) is 18.6 Å². The second kappa shape index (κ2) is 4.41. The molecule has 1 saturated heterocycles. The van der Waals surface area contributed by atoms with E-state index in [1.165, 1.54) is 0 Å². The normalized spacial score (nSPS) is 20.3. The van der Waals surface area contributed by atoms with Crippen molar-refractivity contribution >= 4 is 12.4 Å². The zero-order chi connectivity index (χ0) is 10.2. The molecule has 84 valence electrons. The van der Waals surface area contributed by atoms with Crippen molar-refractivity contribution in [1.29, 1.82) is 0 Å². The molecule has 1 atom stereocenters. The van der Waals surface area contributed by atoms with E-state index in [1.807, 2.05) is 0 Å². The van der Waals surface area contributed by atoms with Crippen LogP contribution in [0.2, 0.25) is 0 Å². The van der Waals surface area contributed by atoms with Crippen LogP contribution in [0.4, 0.5) is 13.2 Å². The largest absolute Gasteiger partial charge is 0.416 e. The van der Waals surface area contributed by atoms with Gasteiger partial charge in [0.15, 0.2) is 0 Å². The fourth-order valence-corrected chi connectivity index (χ4v) is 1.48. The molecule has 1 aromatic rings. The maximum atomic E-state index is 12.2. The Labute approximate surface area is 92.1 Å². The number of rotatable bonds is 1. The smallest absolute Gasteiger partial charge is 0.310 e. The van der Waals surface area contributed by atoms with Gasteiger partial charge in [-0.05, 0) is 30.7 Å². The highest BCUT2D eigenvalue weighted by Gasteiger charge is 2.30. The fourth-order valence-electron chi connectivity index (χ4n) is 1.48. The van der Waals surface area contributed by atoms with Crippen LogP contribution >= 0.6 is 12.4 Å². The van der Waals surface area contributed by atoms with Crippen LogP contribution in [-0.4, -0.2) is 6.54 Å². The molecule has 5 heteroatoms. The molecule has 0 radical (unpaired) electrons. The minimum Gasteiger partial charge on any atom is -0.310 e. The molecule has 0 spiro atoms. The summed E-state index contributed by atoms with van der Waals surface area (Å²) in [6.07, 6.45) is -3.23. The molecule has 1 nitrogen and oxygen atoms in total. The first-order valence-corrected chi connectivity index (χ1v) is 4.48. The molecule has 1 heterocycles. The van der Waals surface area contributed by atoms with E-state index in [2.05, 4.69) is 5.32 Å². The van der Waals surface area contributed by atoms with E-state index in [4.69, 9.17) is 0 Å². The van der Waals surface area contributed by atoms with Crippen LogP contribution in [-0.2, 0) is 6.18 Å². The summed E-state index contributed by atoms with van der Waals surface area (Å²) in [6, 6.07) is 5.60. The van der Waals surface area contributed by atoms with Crippen LogP contribution in [0.1, 0.15) is 23.6 Å². The molecule has 1 fully saturated rings. The molecule has 1 N–H and O–H groups in total. The standard InChI is InChI=1S/C10H10F3N.ClH/c11-10(12,13)8-3-1-7(2-4-8)9-5-6-14-9;/h1-4,9,14H,5-6H2;1H/t9-;/m0./s1. The van der Waals surface area contributed by atoms with Gasteiger partial charge in [0.1, 0.15) is 0 Å². The first kappa shape index (κ1) is 12.3. The summed E-state index contributed by atoms with van der Waals surface area (Å²) in [5.41, 5.74) is 0.352. The molecular weight excluding hydrogens is 227 g/mol. The number of hydrogen-bond acceptors (Lipinski definition) is 1. The summed E-state index contributed by atoms with van der Waals surface area (Å²) in [5.74, 6) is 0. The first-order chi connectivity index (χ1) is 6.57. The van der Waals surface area contributed by atoms with Gasteiger partial charge in [-0.2, -0.15) is 13.2 Å². The van der Waals surface area contributed by atoms with Crippen molar-refractivity contribution in [3.63, 3.8) is 0 Å². The Kier molecular flexibility index (Phi) is 3.62. The molecule has 1 aliphatic heterocycles. The monoisotopic (exact) mass is 237 g/mol. The van der Waals surface area contributed by atoms with E-state index in [9.17, 15) is 13.2 Å². The molecule has 2 rings (SSSR count). The molecule has 0 bridgehead atoms. The molecule has 1 aromatic carbocycles. The highest BCUT2D eigenvalue weighted by atomic mass is 35.5. The summed E-state index contributed by atoms with van der Waals surface area (Å²) in [6.45, 7) is 0.950. The number of alkyl halides is 3. The zero-order valence-corrected chi connectivity index (χ0v) is 8.66. The second-order valence-corrected chi connectivity index (χ2v) is 3.42. The van der Waals surface area contributed by atoms with Crippen LogP contribution in [0.25, 0.3) is 0 Å².